The van der Waals surface area contributed by atoms with E-state index in [0.717, 1.165) is 5.92 Å². The highest BCUT2D eigenvalue weighted by Crippen LogP contribution is 2.42. The van der Waals surface area contributed by atoms with Gasteiger partial charge in [0.05, 0.1) is 0 Å². The van der Waals surface area contributed by atoms with E-state index in [-0.39, 0.29) is 0 Å². The zero-order valence-electron chi connectivity index (χ0n) is 8.73. The molecule has 0 unspecified atom stereocenters. The Hall–Kier alpha value is -0.0800. The van der Waals surface area contributed by atoms with Gasteiger partial charge in [-0.1, -0.05) is 0 Å². The molecule has 2 heterocycles. The number of rotatable bonds is 3. The van der Waals surface area contributed by atoms with Crippen molar-refractivity contribution in [3.63, 3.8) is 0 Å². The Morgan fingerprint density at radius 3 is 2.85 bits per heavy atom. The minimum atomic E-state index is 0.649. The zero-order chi connectivity index (χ0) is 9.15. The minimum Gasteiger partial charge on any atom is -0.320 e. The van der Waals surface area contributed by atoms with Crippen LogP contribution in [0.1, 0.15) is 32.1 Å². The summed E-state index contributed by atoms with van der Waals surface area (Å²) in [5.74, 6) is 0.991. The lowest BCUT2D eigenvalue weighted by atomic mass is 9.70. The molecule has 1 aliphatic carbocycles. The predicted molar refractivity (Wildman–Crippen MR) is 55.8 cm³/mol. The van der Waals surface area contributed by atoms with E-state index in [1.54, 1.807) is 0 Å². The normalized spacial score (nSPS) is 39.0. The maximum atomic E-state index is 3.63. The first-order valence-electron chi connectivity index (χ1n) is 5.70. The van der Waals surface area contributed by atoms with E-state index >= 15 is 0 Å². The van der Waals surface area contributed by atoms with Crippen molar-refractivity contribution in [3.8, 4) is 0 Å². The number of hydrogen-bond acceptors (Lipinski definition) is 2. The van der Waals surface area contributed by atoms with E-state index in [9.17, 15) is 0 Å². The fraction of sp³-hybridized carbons (Fsp3) is 1.00. The number of fused-ring (bicyclic) bond motifs is 4. The fourth-order valence-corrected chi connectivity index (χ4v) is 2.94. The van der Waals surface area contributed by atoms with Crippen LogP contribution >= 0.6 is 0 Å². The van der Waals surface area contributed by atoms with Gasteiger partial charge < -0.3 is 10.6 Å². The van der Waals surface area contributed by atoms with Gasteiger partial charge in [0.25, 0.3) is 0 Å². The van der Waals surface area contributed by atoms with Crippen molar-refractivity contribution in [2.45, 2.75) is 32.1 Å². The van der Waals surface area contributed by atoms with Gasteiger partial charge in [-0.2, -0.15) is 0 Å². The third kappa shape index (κ3) is 2.05. The van der Waals surface area contributed by atoms with E-state index in [1.807, 2.05) is 0 Å². The maximum absolute atomic E-state index is 3.63. The van der Waals surface area contributed by atoms with Gasteiger partial charge in [0.15, 0.2) is 0 Å². The van der Waals surface area contributed by atoms with Crippen LogP contribution in [0.5, 0.6) is 0 Å². The molecule has 0 radical (unpaired) electrons. The minimum absolute atomic E-state index is 0.649. The SMILES string of the molecule is CNCCC12CCC(CC1)CNC2. The molecule has 1 saturated carbocycles. The molecule has 0 aromatic heterocycles. The molecule has 76 valence electrons. The number of nitrogens with one attached hydrogen (secondary N) is 2. The largest absolute Gasteiger partial charge is 0.320 e. The fourth-order valence-electron chi connectivity index (χ4n) is 2.94. The molecule has 0 aromatic rings. The molecule has 2 heteroatoms. The Balaban J connectivity index is 1.95. The molecule has 3 aliphatic rings. The van der Waals surface area contributed by atoms with Crippen LogP contribution in [-0.2, 0) is 0 Å². The first-order valence-corrected chi connectivity index (χ1v) is 5.70. The van der Waals surface area contributed by atoms with Crippen LogP contribution in [-0.4, -0.2) is 26.7 Å². The Morgan fingerprint density at radius 2 is 2.15 bits per heavy atom. The van der Waals surface area contributed by atoms with Gasteiger partial charge in [-0.15, -0.1) is 0 Å². The molecule has 13 heavy (non-hydrogen) atoms. The summed E-state index contributed by atoms with van der Waals surface area (Å²) >= 11 is 0. The van der Waals surface area contributed by atoms with Gasteiger partial charge in [0.1, 0.15) is 0 Å². The average Bonchev–Trinajstić information content (AvgIpc) is 2.48. The summed E-state index contributed by atoms with van der Waals surface area (Å²) in [5.41, 5.74) is 0.649. The van der Waals surface area contributed by atoms with E-state index in [2.05, 4.69) is 17.7 Å². The lowest BCUT2D eigenvalue weighted by Crippen LogP contribution is -2.34. The lowest BCUT2D eigenvalue weighted by Gasteiger charge is -2.36. The lowest BCUT2D eigenvalue weighted by molar-refractivity contribution is 0.172. The monoisotopic (exact) mass is 182 g/mol. The molecule has 0 aromatic carbocycles. The highest BCUT2D eigenvalue weighted by molar-refractivity contribution is 4.91. The van der Waals surface area contributed by atoms with Crippen molar-refractivity contribution in [1.82, 2.24) is 10.6 Å². The summed E-state index contributed by atoms with van der Waals surface area (Å²) in [6, 6.07) is 0. The summed E-state index contributed by atoms with van der Waals surface area (Å²) in [7, 11) is 2.06. The molecule has 2 saturated heterocycles. The molecule has 0 spiro atoms. The molecule has 2 nitrogen and oxygen atoms in total. The second kappa shape index (κ2) is 3.97. The van der Waals surface area contributed by atoms with Crippen molar-refractivity contribution in [2.75, 3.05) is 26.7 Å². The molecule has 2 bridgehead atoms. The highest BCUT2D eigenvalue weighted by Gasteiger charge is 2.36. The zero-order valence-corrected chi connectivity index (χ0v) is 8.73. The Kier molecular flexibility index (Phi) is 2.89. The van der Waals surface area contributed by atoms with E-state index in [0.29, 0.717) is 5.41 Å². The van der Waals surface area contributed by atoms with Crippen LogP contribution in [0, 0.1) is 11.3 Å². The maximum Gasteiger partial charge on any atom is 0.000840 e. The molecule has 3 rings (SSSR count). The summed E-state index contributed by atoms with van der Waals surface area (Å²) < 4.78 is 0. The summed E-state index contributed by atoms with van der Waals surface area (Å²) in [4.78, 5) is 0. The highest BCUT2D eigenvalue weighted by atomic mass is 14.9. The summed E-state index contributed by atoms with van der Waals surface area (Å²) in [5, 5.41) is 6.92. The third-order valence-electron chi connectivity index (χ3n) is 4.00. The number of hydrogen-bond donors (Lipinski definition) is 2. The van der Waals surface area contributed by atoms with Gasteiger partial charge in [-0.3, -0.25) is 0 Å². The first kappa shape index (κ1) is 9.47. The summed E-state index contributed by atoms with van der Waals surface area (Å²) in [6.45, 7) is 3.73. The van der Waals surface area contributed by atoms with Gasteiger partial charge in [-0.05, 0) is 63.6 Å². The van der Waals surface area contributed by atoms with Gasteiger partial charge >= 0.3 is 0 Å². The topological polar surface area (TPSA) is 24.1 Å². The van der Waals surface area contributed by atoms with Gasteiger partial charge in [0, 0.05) is 6.54 Å². The molecule has 2 N–H and O–H groups in total. The van der Waals surface area contributed by atoms with Crippen LogP contribution in [0.4, 0.5) is 0 Å². The van der Waals surface area contributed by atoms with Crippen molar-refractivity contribution < 1.29 is 0 Å². The Labute approximate surface area is 81.5 Å². The molecular weight excluding hydrogens is 160 g/mol. The molecule has 3 fully saturated rings. The molecule has 0 atom stereocenters. The van der Waals surface area contributed by atoms with Crippen molar-refractivity contribution in [2.24, 2.45) is 11.3 Å². The second-order valence-electron chi connectivity index (χ2n) is 4.93. The standard InChI is InChI=1S/C11H22N2/c1-12-7-6-11-4-2-10(3-5-11)8-13-9-11/h10,12-13H,2-9H2,1H3. The van der Waals surface area contributed by atoms with Gasteiger partial charge in [0.2, 0.25) is 0 Å². The predicted octanol–water partition coefficient (Wildman–Crippen LogP) is 1.38. The van der Waals surface area contributed by atoms with Crippen LogP contribution < -0.4 is 10.6 Å². The van der Waals surface area contributed by atoms with Crippen LogP contribution in [0.25, 0.3) is 0 Å². The molecule has 2 aliphatic heterocycles. The molecule has 0 amide bonds. The summed E-state index contributed by atoms with van der Waals surface area (Å²) in [6.07, 6.45) is 7.23. The second-order valence-corrected chi connectivity index (χ2v) is 4.93. The van der Waals surface area contributed by atoms with E-state index in [1.165, 1.54) is 51.7 Å². The van der Waals surface area contributed by atoms with Crippen LogP contribution in [0.3, 0.4) is 0 Å². The van der Waals surface area contributed by atoms with Crippen molar-refractivity contribution in [1.29, 1.82) is 0 Å². The molecular formula is C11H22N2. The van der Waals surface area contributed by atoms with Crippen molar-refractivity contribution >= 4 is 0 Å². The van der Waals surface area contributed by atoms with Gasteiger partial charge in [-0.25, -0.2) is 0 Å². The van der Waals surface area contributed by atoms with Crippen LogP contribution in [0.2, 0.25) is 0 Å². The Bertz CT molecular complexity index is 154. The Morgan fingerprint density at radius 1 is 1.38 bits per heavy atom. The van der Waals surface area contributed by atoms with Crippen LogP contribution in [0.15, 0.2) is 0 Å². The van der Waals surface area contributed by atoms with E-state index < -0.39 is 0 Å². The van der Waals surface area contributed by atoms with E-state index in [4.69, 9.17) is 0 Å². The smallest absolute Gasteiger partial charge is 0.000840 e. The quantitative estimate of drug-likeness (QED) is 0.689. The first-order chi connectivity index (χ1) is 6.35. The average molecular weight is 182 g/mol. The van der Waals surface area contributed by atoms with Crippen molar-refractivity contribution in [3.05, 3.63) is 0 Å². The third-order valence-corrected chi connectivity index (χ3v) is 4.00.